The number of benzene rings is 2. The maximum atomic E-state index is 5.53. The first-order chi connectivity index (χ1) is 15.2. The quantitative estimate of drug-likeness (QED) is 0.648. The topological polar surface area (TPSA) is 55.9 Å². The van der Waals surface area contributed by atoms with E-state index in [0.717, 1.165) is 54.0 Å². The number of hydrogen-bond donors (Lipinski definition) is 1. The monoisotopic (exact) mass is 419 g/mol. The van der Waals surface area contributed by atoms with Crippen LogP contribution in [0.2, 0.25) is 0 Å². The largest absolute Gasteiger partial charge is 0.493 e. The summed E-state index contributed by atoms with van der Waals surface area (Å²) in [5.74, 6) is 1.84. The molecule has 31 heavy (non-hydrogen) atoms. The summed E-state index contributed by atoms with van der Waals surface area (Å²) in [6.45, 7) is 6.26. The number of aromatic nitrogens is 1. The van der Waals surface area contributed by atoms with Crippen molar-refractivity contribution in [2.45, 2.75) is 6.92 Å². The van der Waals surface area contributed by atoms with Crippen LogP contribution in [0.15, 0.2) is 48.8 Å². The van der Waals surface area contributed by atoms with Crippen LogP contribution in [0.25, 0.3) is 22.3 Å². The standard InChI is InChI=1S/C25H29N3O3/c1-17-21(18-5-7-20(8-6-18)28-11-9-26-10-12-28)15-27-16-22(17)19-13-23(29-2)25(31-4)24(14-19)30-3/h5-8,13-16,26H,9-12H2,1-4H3. The molecule has 0 bridgehead atoms. The molecule has 0 atom stereocenters. The fraction of sp³-hybridized carbons (Fsp3) is 0.320. The molecule has 6 nitrogen and oxygen atoms in total. The molecule has 1 aliphatic rings. The Labute approximate surface area is 183 Å². The molecule has 0 amide bonds. The Morgan fingerprint density at radius 1 is 0.806 bits per heavy atom. The Bertz CT molecular complexity index is 1020. The zero-order valence-corrected chi connectivity index (χ0v) is 18.6. The molecule has 0 spiro atoms. The van der Waals surface area contributed by atoms with Gasteiger partial charge in [-0.25, -0.2) is 0 Å². The summed E-state index contributed by atoms with van der Waals surface area (Å²) in [7, 11) is 4.86. The molecule has 0 radical (unpaired) electrons. The first-order valence-electron chi connectivity index (χ1n) is 10.5. The van der Waals surface area contributed by atoms with E-state index in [9.17, 15) is 0 Å². The highest BCUT2D eigenvalue weighted by atomic mass is 16.5. The van der Waals surface area contributed by atoms with Gasteiger partial charge in [0.05, 0.1) is 21.3 Å². The fourth-order valence-corrected chi connectivity index (χ4v) is 4.12. The molecular weight excluding hydrogens is 390 g/mol. The normalized spacial score (nSPS) is 13.7. The number of hydrogen-bond acceptors (Lipinski definition) is 6. The summed E-state index contributed by atoms with van der Waals surface area (Å²) in [6.07, 6.45) is 3.81. The summed E-state index contributed by atoms with van der Waals surface area (Å²) in [5, 5.41) is 3.40. The van der Waals surface area contributed by atoms with E-state index in [1.165, 1.54) is 5.69 Å². The number of pyridine rings is 1. The Kier molecular flexibility index (Phi) is 6.28. The minimum absolute atomic E-state index is 0.582. The molecule has 162 valence electrons. The van der Waals surface area contributed by atoms with E-state index in [4.69, 9.17) is 14.2 Å². The number of nitrogens with one attached hydrogen (secondary N) is 1. The lowest BCUT2D eigenvalue weighted by Gasteiger charge is -2.29. The van der Waals surface area contributed by atoms with Crippen LogP contribution < -0.4 is 24.4 Å². The maximum absolute atomic E-state index is 5.53. The second kappa shape index (κ2) is 9.27. The molecule has 4 rings (SSSR count). The molecular formula is C25H29N3O3. The highest BCUT2D eigenvalue weighted by Gasteiger charge is 2.17. The van der Waals surface area contributed by atoms with E-state index in [0.29, 0.717) is 17.2 Å². The zero-order valence-electron chi connectivity index (χ0n) is 18.6. The van der Waals surface area contributed by atoms with E-state index < -0.39 is 0 Å². The Morgan fingerprint density at radius 2 is 1.39 bits per heavy atom. The van der Waals surface area contributed by atoms with Gasteiger partial charge in [0.15, 0.2) is 11.5 Å². The van der Waals surface area contributed by atoms with Crippen molar-refractivity contribution in [3.05, 3.63) is 54.4 Å². The Balaban J connectivity index is 1.71. The molecule has 0 saturated carbocycles. The highest BCUT2D eigenvalue weighted by molar-refractivity contribution is 5.80. The van der Waals surface area contributed by atoms with Gasteiger partial charge in [-0.05, 0) is 47.9 Å². The first kappa shape index (κ1) is 21.0. The van der Waals surface area contributed by atoms with Gasteiger partial charge in [-0.2, -0.15) is 0 Å². The van der Waals surface area contributed by atoms with Gasteiger partial charge in [-0.1, -0.05) is 12.1 Å². The molecule has 3 aromatic rings. The second-order valence-corrected chi connectivity index (χ2v) is 7.56. The summed E-state index contributed by atoms with van der Waals surface area (Å²) in [5.41, 5.74) is 6.67. The average molecular weight is 420 g/mol. The van der Waals surface area contributed by atoms with Gasteiger partial charge in [0, 0.05) is 55.4 Å². The number of methoxy groups -OCH3 is 3. The predicted molar refractivity (Wildman–Crippen MR) is 125 cm³/mol. The Morgan fingerprint density at radius 3 is 1.94 bits per heavy atom. The summed E-state index contributed by atoms with van der Waals surface area (Å²) >= 11 is 0. The molecule has 0 unspecified atom stereocenters. The lowest BCUT2D eigenvalue weighted by atomic mass is 9.95. The Hall–Kier alpha value is -3.25. The number of rotatable bonds is 6. The molecule has 1 fully saturated rings. The second-order valence-electron chi connectivity index (χ2n) is 7.56. The van der Waals surface area contributed by atoms with Crippen LogP contribution in [0, 0.1) is 6.92 Å². The fourth-order valence-electron chi connectivity index (χ4n) is 4.12. The number of piperazine rings is 1. The van der Waals surface area contributed by atoms with E-state index in [1.807, 2.05) is 24.5 Å². The first-order valence-corrected chi connectivity index (χ1v) is 10.5. The van der Waals surface area contributed by atoms with Crippen molar-refractivity contribution in [2.75, 3.05) is 52.4 Å². The molecule has 1 N–H and O–H groups in total. The average Bonchev–Trinajstić information content (AvgIpc) is 2.84. The molecule has 2 aromatic carbocycles. The molecule has 1 aromatic heterocycles. The molecule has 6 heteroatoms. The van der Waals surface area contributed by atoms with Crippen molar-refractivity contribution in [1.82, 2.24) is 10.3 Å². The summed E-state index contributed by atoms with van der Waals surface area (Å²) in [4.78, 5) is 6.95. The van der Waals surface area contributed by atoms with Gasteiger partial charge in [-0.3, -0.25) is 4.98 Å². The zero-order chi connectivity index (χ0) is 21.8. The third-order valence-electron chi connectivity index (χ3n) is 5.85. The molecule has 0 aliphatic carbocycles. The number of anilines is 1. The van der Waals surface area contributed by atoms with Crippen molar-refractivity contribution in [3.8, 4) is 39.5 Å². The van der Waals surface area contributed by atoms with Crippen LogP contribution in [-0.4, -0.2) is 52.5 Å². The van der Waals surface area contributed by atoms with Gasteiger partial charge < -0.3 is 24.4 Å². The van der Waals surface area contributed by atoms with Gasteiger partial charge >= 0.3 is 0 Å². The summed E-state index contributed by atoms with van der Waals surface area (Å²) < 4.78 is 16.5. The summed E-state index contributed by atoms with van der Waals surface area (Å²) in [6, 6.07) is 12.7. The SMILES string of the molecule is COc1cc(-c2cncc(-c3ccc(N4CCNCC4)cc3)c2C)cc(OC)c1OC. The minimum atomic E-state index is 0.582. The predicted octanol–water partition coefficient (Wildman–Crippen LogP) is 4.16. The van der Waals surface area contributed by atoms with Crippen molar-refractivity contribution in [1.29, 1.82) is 0 Å². The molecule has 1 aliphatic heterocycles. The van der Waals surface area contributed by atoms with Crippen molar-refractivity contribution in [3.63, 3.8) is 0 Å². The smallest absolute Gasteiger partial charge is 0.203 e. The molecule has 2 heterocycles. The van der Waals surface area contributed by atoms with E-state index in [2.05, 4.69) is 46.4 Å². The van der Waals surface area contributed by atoms with Gasteiger partial charge in [0.1, 0.15) is 0 Å². The molecule has 1 saturated heterocycles. The lowest BCUT2D eigenvalue weighted by Crippen LogP contribution is -2.43. The van der Waals surface area contributed by atoms with Gasteiger partial charge in [0.25, 0.3) is 0 Å². The number of nitrogens with zero attached hydrogens (tertiary/aromatic N) is 2. The highest BCUT2D eigenvalue weighted by Crippen LogP contribution is 2.42. The number of ether oxygens (including phenoxy) is 3. The van der Waals surface area contributed by atoms with E-state index >= 15 is 0 Å². The van der Waals surface area contributed by atoms with Crippen LogP contribution in [0.4, 0.5) is 5.69 Å². The van der Waals surface area contributed by atoms with Crippen molar-refractivity contribution >= 4 is 5.69 Å². The van der Waals surface area contributed by atoms with Crippen LogP contribution in [0.3, 0.4) is 0 Å². The van der Waals surface area contributed by atoms with E-state index in [-0.39, 0.29) is 0 Å². The van der Waals surface area contributed by atoms with Gasteiger partial charge in [-0.15, -0.1) is 0 Å². The van der Waals surface area contributed by atoms with Crippen LogP contribution in [0.1, 0.15) is 5.56 Å². The van der Waals surface area contributed by atoms with E-state index in [1.54, 1.807) is 21.3 Å². The lowest BCUT2D eigenvalue weighted by molar-refractivity contribution is 0.324. The third-order valence-corrected chi connectivity index (χ3v) is 5.85. The van der Waals surface area contributed by atoms with Crippen molar-refractivity contribution < 1.29 is 14.2 Å². The minimum Gasteiger partial charge on any atom is -0.493 e. The van der Waals surface area contributed by atoms with Crippen LogP contribution in [-0.2, 0) is 0 Å². The van der Waals surface area contributed by atoms with Crippen LogP contribution in [0.5, 0.6) is 17.2 Å². The van der Waals surface area contributed by atoms with Gasteiger partial charge in [0.2, 0.25) is 5.75 Å². The van der Waals surface area contributed by atoms with Crippen LogP contribution >= 0.6 is 0 Å². The van der Waals surface area contributed by atoms with Crippen molar-refractivity contribution in [2.24, 2.45) is 0 Å². The third kappa shape index (κ3) is 4.16. The maximum Gasteiger partial charge on any atom is 0.203 e.